The fraction of sp³-hybridized carbons (Fsp3) is 1.00. The van der Waals surface area contributed by atoms with Crippen LogP contribution < -0.4 is 11.5 Å². The van der Waals surface area contributed by atoms with E-state index < -0.39 is 8.25 Å². The lowest BCUT2D eigenvalue weighted by atomic mass is 11.6. The molecular weight excluding hydrogens is 131 g/mol. The molecule has 0 saturated carbocycles. The molecule has 0 aromatic carbocycles. The summed E-state index contributed by atoms with van der Waals surface area (Å²) < 4.78 is 8.70. The van der Waals surface area contributed by atoms with E-state index in [0.717, 1.165) is 0 Å². The molecule has 0 rings (SSSR count). The molecule has 0 fully saturated rings. The summed E-state index contributed by atoms with van der Waals surface area (Å²) in [4.78, 5) is 14.2. The van der Waals surface area contributed by atoms with Gasteiger partial charge in [0.1, 0.15) is 0 Å². The van der Waals surface area contributed by atoms with Gasteiger partial charge >= 0.3 is 8.25 Å². The van der Waals surface area contributed by atoms with Crippen LogP contribution in [0.15, 0.2) is 0 Å². The molecule has 0 saturated heterocycles. The Kier molecular flexibility index (Phi) is 55.5. The third-order valence-corrected chi connectivity index (χ3v) is 0. The minimum absolute atomic E-state index is 1.50. The summed E-state index contributed by atoms with van der Waals surface area (Å²) >= 11 is 0. The highest BCUT2D eigenvalue weighted by molar-refractivity contribution is 7.30. The molecule has 0 radical (unpaired) electrons. The molecule has 0 aromatic rings. The highest BCUT2D eigenvalue weighted by atomic mass is 31.1. The van der Waals surface area contributed by atoms with Crippen LogP contribution in [0.5, 0.6) is 0 Å². The van der Waals surface area contributed by atoms with Crippen LogP contribution in [0.25, 0.3) is 0 Å². The first-order chi connectivity index (χ1) is 3.73. The van der Waals surface area contributed by atoms with E-state index in [9.17, 15) is 0 Å². The van der Waals surface area contributed by atoms with Crippen molar-refractivity contribution < 1.29 is 14.4 Å². The van der Waals surface area contributed by atoms with Crippen molar-refractivity contribution in [2.45, 2.75) is 0 Å². The van der Waals surface area contributed by atoms with E-state index in [2.05, 4.69) is 11.5 Å². The molecule has 0 atom stereocenters. The Morgan fingerprint density at radius 3 is 1.12 bits per heavy atom. The lowest BCUT2D eigenvalue weighted by Gasteiger charge is -1.34. The molecule has 6 N–H and O–H groups in total. The number of hydrogen-bond acceptors (Lipinski definition) is 3. The largest absolute Gasteiger partial charge is 0.692 e. The first-order valence-corrected chi connectivity index (χ1v) is 2.90. The summed E-state index contributed by atoms with van der Waals surface area (Å²) in [7, 11) is 0.130. The van der Waals surface area contributed by atoms with Gasteiger partial charge in [0.05, 0.1) is 0 Å². The quantitative estimate of drug-likeness (QED) is 0.318. The lowest BCUT2D eigenvalue weighted by Crippen LogP contribution is -1.69. The van der Waals surface area contributed by atoms with E-state index in [0.29, 0.717) is 0 Å². The Morgan fingerprint density at radius 1 is 1.12 bits per heavy atom. The predicted octanol–water partition coefficient (Wildman–Crippen LogP) is -1.22. The van der Waals surface area contributed by atoms with Crippen molar-refractivity contribution >= 4 is 8.25 Å². The maximum atomic E-state index is 8.70. The van der Waals surface area contributed by atoms with Crippen molar-refractivity contribution in [2.24, 2.45) is 11.5 Å². The Morgan fingerprint density at radius 2 is 1.12 bits per heavy atom. The van der Waals surface area contributed by atoms with Gasteiger partial charge < -0.3 is 11.5 Å². The van der Waals surface area contributed by atoms with Gasteiger partial charge in [-0.25, -0.2) is 0 Å². The van der Waals surface area contributed by atoms with Crippen molar-refractivity contribution in [3.8, 4) is 0 Å². The number of hydrogen-bond donors (Lipinski definition) is 4. The Labute approximate surface area is 49.3 Å². The van der Waals surface area contributed by atoms with E-state index in [-0.39, 0.29) is 0 Å². The molecule has 6 heteroatoms. The van der Waals surface area contributed by atoms with E-state index in [1.54, 1.807) is 0 Å². The summed E-state index contributed by atoms with van der Waals surface area (Å²) in [5.74, 6) is 0. The molecule has 0 aromatic heterocycles. The van der Waals surface area contributed by atoms with Crippen LogP contribution in [0.1, 0.15) is 0 Å². The van der Waals surface area contributed by atoms with Crippen molar-refractivity contribution in [3.63, 3.8) is 0 Å². The summed E-state index contributed by atoms with van der Waals surface area (Å²) in [5, 5.41) is 0. The average molecular weight is 143 g/mol. The summed E-state index contributed by atoms with van der Waals surface area (Å²) in [6.45, 7) is 0. The number of nitrogens with two attached hydrogens (primary N) is 2. The van der Waals surface area contributed by atoms with Crippen LogP contribution in [0.3, 0.4) is 0 Å². The first kappa shape index (κ1) is 15.7. The van der Waals surface area contributed by atoms with Crippen LogP contribution in [0.4, 0.5) is 0 Å². The molecule has 0 bridgehead atoms. The van der Waals surface area contributed by atoms with E-state index in [4.69, 9.17) is 14.4 Å². The van der Waals surface area contributed by atoms with Gasteiger partial charge in [-0.15, -0.1) is 9.79 Å². The maximum Gasteiger partial charge on any atom is 0.692 e. The minimum atomic E-state index is -2.87. The SMILES string of the molecule is CN.CN.O=[P+](O)O. The van der Waals surface area contributed by atoms with Crippen molar-refractivity contribution in [2.75, 3.05) is 14.1 Å². The van der Waals surface area contributed by atoms with Gasteiger partial charge in [-0.1, -0.05) is 0 Å². The Hall–Kier alpha value is -0.0600. The van der Waals surface area contributed by atoms with Gasteiger partial charge in [0.2, 0.25) is 0 Å². The van der Waals surface area contributed by atoms with Crippen molar-refractivity contribution in [1.82, 2.24) is 0 Å². The maximum absolute atomic E-state index is 8.70. The standard InChI is InChI=1S/2CH5N.HO3P/c2*1-2;1-4(2)3/h2*2H2,1H3;(H-,1,2,3)/p+1. The molecule has 0 aliphatic heterocycles. The second kappa shape index (κ2) is 28.3. The molecule has 5 nitrogen and oxygen atoms in total. The molecule has 52 valence electrons. The zero-order valence-electron chi connectivity index (χ0n) is 4.90. The van der Waals surface area contributed by atoms with Crippen LogP contribution >= 0.6 is 8.25 Å². The smallest absolute Gasteiger partial charge is 0.333 e. The zero-order valence-corrected chi connectivity index (χ0v) is 5.80. The molecule has 0 unspecified atom stereocenters. The van der Waals surface area contributed by atoms with Gasteiger partial charge in [0, 0.05) is 4.57 Å². The van der Waals surface area contributed by atoms with E-state index >= 15 is 0 Å². The van der Waals surface area contributed by atoms with Crippen LogP contribution in [-0.2, 0) is 4.57 Å². The fourth-order valence-electron chi connectivity index (χ4n) is 0. The third kappa shape index (κ3) is 40300. The van der Waals surface area contributed by atoms with Gasteiger partial charge in [0.15, 0.2) is 0 Å². The topological polar surface area (TPSA) is 110 Å². The lowest BCUT2D eigenvalue weighted by molar-refractivity contribution is 0.405. The van der Waals surface area contributed by atoms with E-state index in [1.165, 1.54) is 14.1 Å². The molecular formula is C2H12N2O3P+. The molecule has 0 heterocycles. The highest BCUT2D eigenvalue weighted by Crippen LogP contribution is 1.98. The fourth-order valence-corrected chi connectivity index (χ4v) is 0. The monoisotopic (exact) mass is 143 g/mol. The predicted molar refractivity (Wildman–Crippen MR) is 32.3 cm³/mol. The minimum Gasteiger partial charge on any atom is -0.333 e. The second-order valence-electron chi connectivity index (χ2n) is 0.253. The van der Waals surface area contributed by atoms with Gasteiger partial charge in [-0.05, 0) is 14.1 Å². The van der Waals surface area contributed by atoms with Crippen LogP contribution in [-0.4, -0.2) is 23.9 Å². The summed E-state index contributed by atoms with van der Waals surface area (Å²) in [5.41, 5.74) is 9.00. The van der Waals surface area contributed by atoms with E-state index in [1.807, 2.05) is 0 Å². The summed E-state index contributed by atoms with van der Waals surface area (Å²) in [6, 6.07) is 0. The normalized spacial score (nSPS) is 4.75. The molecule has 0 spiro atoms. The molecule has 0 aliphatic carbocycles. The van der Waals surface area contributed by atoms with Gasteiger partial charge in [-0.3, -0.25) is 0 Å². The Balaban J connectivity index is -0.0000000542. The average Bonchev–Trinajstić information content (AvgIpc) is 1.75. The molecule has 0 amide bonds. The van der Waals surface area contributed by atoms with Crippen molar-refractivity contribution in [1.29, 1.82) is 0 Å². The highest BCUT2D eigenvalue weighted by Gasteiger charge is 1.93. The van der Waals surface area contributed by atoms with Gasteiger partial charge in [0.25, 0.3) is 0 Å². The van der Waals surface area contributed by atoms with Crippen molar-refractivity contribution in [3.05, 3.63) is 0 Å². The summed E-state index contributed by atoms with van der Waals surface area (Å²) in [6.07, 6.45) is 0. The van der Waals surface area contributed by atoms with Crippen LogP contribution in [0.2, 0.25) is 0 Å². The number of rotatable bonds is 0. The van der Waals surface area contributed by atoms with Crippen LogP contribution in [0, 0.1) is 0 Å². The third-order valence-electron chi connectivity index (χ3n) is 0. The van der Waals surface area contributed by atoms with Gasteiger partial charge in [-0.2, -0.15) is 0 Å². The second-order valence-corrected chi connectivity index (χ2v) is 0.758. The molecule has 0 aliphatic rings. The Bertz CT molecular complexity index is 38.3. The first-order valence-electron chi connectivity index (χ1n) is 1.74. The molecule has 8 heavy (non-hydrogen) atoms. The zero-order chi connectivity index (χ0) is 7.58.